The topological polar surface area (TPSA) is 58.9 Å². The van der Waals surface area contributed by atoms with Crippen molar-refractivity contribution in [3.8, 4) is 0 Å². The van der Waals surface area contributed by atoms with Gasteiger partial charge in [-0.1, -0.05) is 33.5 Å². The molecule has 22 heavy (non-hydrogen) atoms. The normalized spacial score (nSPS) is 18.1. The molecule has 0 aliphatic carbocycles. The molecule has 0 amide bonds. The van der Waals surface area contributed by atoms with Crippen LogP contribution in [0.25, 0.3) is 0 Å². The van der Waals surface area contributed by atoms with E-state index in [2.05, 4.69) is 59.7 Å². The molecule has 3 atom stereocenters. The van der Waals surface area contributed by atoms with Crippen LogP contribution >= 0.6 is 0 Å². The van der Waals surface area contributed by atoms with Crippen molar-refractivity contribution in [1.29, 1.82) is 0 Å². The predicted molar refractivity (Wildman–Crippen MR) is 102 cm³/mol. The van der Waals surface area contributed by atoms with Gasteiger partial charge in [0.25, 0.3) is 0 Å². The molecular weight excluding hydrogens is 328 g/mol. The average Bonchev–Trinajstić information content (AvgIpc) is 2.35. The van der Waals surface area contributed by atoms with Crippen molar-refractivity contribution in [3.63, 3.8) is 0 Å². The fourth-order valence-corrected chi connectivity index (χ4v) is 20.0. The van der Waals surface area contributed by atoms with Crippen molar-refractivity contribution in [2.75, 3.05) is 13.2 Å². The summed E-state index contributed by atoms with van der Waals surface area (Å²) in [4.78, 5) is 0. The summed E-state index contributed by atoms with van der Waals surface area (Å²) in [6.07, 6.45) is 0.0772. The van der Waals surface area contributed by atoms with Crippen molar-refractivity contribution >= 4 is 24.7 Å². The van der Waals surface area contributed by atoms with Gasteiger partial charge >= 0.3 is 0 Å². The maximum absolute atomic E-state index is 9.51. The molecule has 0 heterocycles. The maximum atomic E-state index is 9.51. The monoisotopic (exact) mass is 366 g/mol. The van der Waals surface area contributed by atoms with Crippen LogP contribution in [-0.4, -0.2) is 60.0 Å². The highest BCUT2D eigenvalue weighted by molar-refractivity contribution is 6.97. The van der Waals surface area contributed by atoms with E-state index in [-0.39, 0.29) is 18.9 Å². The summed E-state index contributed by atoms with van der Waals surface area (Å²) in [5.41, 5.74) is 0.0503. The van der Waals surface area contributed by atoms with E-state index in [9.17, 15) is 5.11 Å². The number of rotatable bonds is 10. The van der Waals surface area contributed by atoms with Gasteiger partial charge in [0, 0.05) is 8.07 Å². The second kappa shape index (κ2) is 8.55. The summed E-state index contributed by atoms with van der Waals surface area (Å²) in [6.45, 7) is 20.7. The Hall–Kier alpha value is 0.491. The van der Waals surface area contributed by atoms with Crippen LogP contribution in [0.3, 0.4) is 0 Å². The minimum atomic E-state index is -2.02. The van der Waals surface area contributed by atoms with Crippen molar-refractivity contribution in [3.05, 3.63) is 0 Å². The van der Waals surface area contributed by atoms with E-state index < -0.39 is 30.8 Å². The van der Waals surface area contributed by atoms with Gasteiger partial charge in [0.1, 0.15) is 6.10 Å². The smallest absolute Gasteiger partial charge is 0.202 e. The molecule has 0 aliphatic rings. The Kier molecular flexibility index (Phi) is 8.74. The molecule has 0 spiro atoms. The van der Waals surface area contributed by atoms with Crippen LogP contribution in [0.4, 0.5) is 0 Å². The summed E-state index contributed by atoms with van der Waals surface area (Å²) in [5.74, 6) is 0. The lowest BCUT2D eigenvalue weighted by molar-refractivity contribution is -0.0114. The lowest BCUT2D eigenvalue weighted by Gasteiger charge is -2.44. The Morgan fingerprint density at radius 3 is 1.82 bits per heavy atom. The van der Waals surface area contributed by atoms with Crippen molar-refractivity contribution in [1.82, 2.24) is 0 Å². The zero-order valence-corrected chi connectivity index (χ0v) is 19.1. The molecule has 134 valence electrons. The third kappa shape index (κ3) is 6.94. The fourth-order valence-electron chi connectivity index (χ4n) is 2.96. The number of aliphatic hydroxyl groups is 2. The second-order valence-corrected chi connectivity index (χ2v) is 23.4. The summed E-state index contributed by atoms with van der Waals surface area (Å²) < 4.78 is 12.7. The molecular formula is C15H38O4Si3. The van der Waals surface area contributed by atoms with Crippen molar-refractivity contribution in [2.45, 2.75) is 83.1 Å². The van der Waals surface area contributed by atoms with E-state index in [0.717, 1.165) is 6.42 Å². The SMILES string of the molecule is CCC(OCC(O)CO)[Si](C)(C)O[Si](C)(C)C(C)[Si](C)(C)C. The summed E-state index contributed by atoms with van der Waals surface area (Å²) in [5, 5.41) is 19.1. The summed E-state index contributed by atoms with van der Waals surface area (Å²) in [7, 11) is -5.05. The number of ether oxygens (including phenoxy) is 1. The van der Waals surface area contributed by atoms with Gasteiger partial charge in [-0.2, -0.15) is 0 Å². The largest absolute Gasteiger partial charge is 0.454 e. The predicted octanol–water partition coefficient (Wildman–Crippen LogP) is 3.37. The van der Waals surface area contributed by atoms with Crippen LogP contribution in [0, 0.1) is 0 Å². The molecule has 2 N–H and O–H groups in total. The molecule has 7 heteroatoms. The molecule has 0 saturated heterocycles. The van der Waals surface area contributed by atoms with E-state index in [1.807, 2.05) is 0 Å². The highest BCUT2D eigenvalue weighted by atomic mass is 28.4. The van der Waals surface area contributed by atoms with Crippen LogP contribution in [0.15, 0.2) is 0 Å². The molecule has 0 saturated carbocycles. The third-order valence-electron chi connectivity index (χ3n) is 4.71. The van der Waals surface area contributed by atoms with Gasteiger partial charge < -0.3 is 19.1 Å². The first kappa shape index (κ1) is 22.5. The molecule has 0 aromatic rings. The van der Waals surface area contributed by atoms with Gasteiger partial charge in [0.15, 0.2) is 8.32 Å². The van der Waals surface area contributed by atoms with Crippen molar-refractivity contribution in [2.24, 2.45) is 0 Å². The van der Waals surface area contributed by atoms with E-state index in [1.54, 1.807) is 0 Å². The lowest BCUT2D eigenvalue weighted by Crippen LogP contribution is -2.57. The van der Waals surface area contributed by atoms with Crippen LogP contribution in [0.5, 0.6) is 0 Å². The third-order valence-corrected chi connectivity index (χ3v) is 20.4. The Morgan fingerprint density at radius 2 is 1.45 bits per heavy atom. The van der Waals surface area contributed by atoms with Crippen LogP contribution in [0.2, 0.25) is 51.0 Å². The Balaban J connectivity index is 4.96. The van der Waals surface area contributed by atoms with Crippen LogP contribution in [0.1, 0.15) is 20.3 Å². The standard InChI is InChI=1S/C15H38O4Si3/c1-10-15(18-12-14(17)11-16)22(8,9)19-21(6,7)13(2)20(3,4)5/h13-17H,10-12H2,1-9H3. The Bertz CT molecular complexity index is 329. The zero-order valence-electron chi connectivity index (χ0n) is 16.1. The first-order chi connectivity index (χ1) is 9.78. The minimum Gasteiger partial charge on any atom is -0.454 e. The molecule has 0 aromatic heterocycles. The van der Waals surface area contributed by atoms with Gasteiger partial charge in [-0.3, -0.25) is 0 Å². The fraction of sp³-hybridized carbons (Fsp3) is 1.00. The molecule has 0 aliphatic heterocycles. The second-order valence-electron chi connectivity index (χ2n) is 8.46. The molecule has 0 rings (SSSR count). The Morgan fingerprint density at radius 1 is 0.955 bits per heavy atom. The van der Waals surface area contributed by atoms with Crippen molar-refractivity contribution < 1.29 is 19.1 Å². The maximum Gasteiger partial charge on any atom is 0.202 e. The molecule has 0 fully saturated rings. The number of hydrogen-bond donors (Lipinski definition) is 2. The van der Waals surface area contributed by atoms with E-state index >= 15 is 0 Å². The van der Waals surface area contributed by atoms with Gasteiger partial charge in [0.2, 0.25) is 8.32 Å². The van der Waals surface area contributed by atoms with Gasteiger partial charge in [-0.15, -0.1) is 0 Å². The first-order valence-electron chi connectivity index (χ1n) is 8.38. The average molecular weight is 367 g/mol. The highest BCUT2D eigenvalue weighted by Crippen LogP contribution is 2.35. The van der Waals surface area contributed by atoms with Crippen LogP contribution in [-0.2, 0) is 8.85 Å². The summed E-state index contributed by atoms with van der Waals surface area (Å²) in [6, 6.07) is 0. The van der Waals surface area contributed by atoms with Gasteiger partial charge in [-0.05, 0) is 37.8 Å². The van der Waals surface area contributed by atoms with E-state index in [4.69, 9.17) is 14.0 Å². The van der Waals surface area contributed by atoms with Crippen LogP contribution < -0.4 is 0 Å². The first-order valence-corrected chi connectivity index (χ1v) is 17.9. The number of hydrogen-bond acceptors (Lipinski definition) is 4. The Labute approximate surface area is 140 Å². The quantitative estimate of drug-likeness (QED) is 0.582. The highest BCUT2D eigenvalue weighted by Gasteiger charge is 2.45. The van der Waals surface area contributed by atoms with E-state index in [0.29, 0.717) is 5.16 Å². The number of aliphatic hydroxyl groups excluding tert-OH is 2. The zero-order chi connectivity index (χ0) is 17.8. The molecule has 4 nitrogen and oxygen atoms in total. The van der Waals surface area contributed by atoms with Gasteiger partial charge in [-0.25, -0.2) is 0 Å². The molecule has 0 aromatic carbocycles. The molecule has 0 bridgehead atoms. The molecule has 0 radical (unpaired) electrons. The lowest BCUT2D eigenvalue weighted by atomic mass is 10.4. The van der Waals surface area contributed by atoms with E-state index in [1.165, 1.54) is 0 Å². The minimum absolute atomic E-state index is 0.0503. The van der Waals surface area contributed by atoms with Gasteiger partial charge in [0.05, 0.1) is 18.9 Å². The molecule has 3 unspecified atom stereocenters. The summed E-state index contributed by atoms with van der Waals surface area (Å²) >= 11 is 0.